The van der Waals surface area contributed by atoms with Crippen LogP contribution in [0.3, 0.4) is 0 Å². The van der Waals surface area contributed by atoms with Crippen molar-refractivity contribution in [3.8, 4) is 0 Å². The lowest BCUT2D eigenvalue weighted by Crippen LogP contribution is -1.96. The third kappa shape index (κ3) is 2.71. The monoisotopic (exact) mass is 278 g/mol. The third-order valence-corrected chi connectivity index (χ3v) is 4.13. The molecule has 0 bridgehead atoms. The summed E-state index contributed by atoms with van der Waals surface area (Å²) in [4.78, 5) is 4.76. The van der Waals surface area contributed by atoms with Crippen molar-refractivity contribution in [2.24, 2.45) is 0 Å². The number of aromatic nitrogens is 1. The second-order valence-corrected chi connectivity index (χ2v) is 5.66. The van der Waals surface area contributed by atoms with Gasteiger partial charge < -0.3 is 5.73 Å². The molecular weight excluding hydrogens is 256 g/mol. The zero-order chi connectivity index (χ0) is 14.7. The average molecular weight is 278 g/mol. The number of benzene rings is 2. The lowest BCUT2D eigenvalue weighted by Gasteiger charge is -2.12. The van der Waals surface area contributed by atoms with E-state index < -0.39 is 0 Å². The number of nitrogens with two attached hydrogens (primary N) is 1. The van der Waals surface area contributed by atoms with Crippen LogP contribution in [-0.4, -0.2) is 4.98 Å². The number of hydrogen-bond acceptors (Lipinski definition) is 2. The number of rotatable bonds is 5. The number of unbranched alkanes of at least 4 members (excludes halogenated alkanes) is 3. The second-order valence-electron chi connectivity index (χ2n) is 5.66. The zero-order valence-corrected chi connectivity index (χ0v) is 12.6. The molecule has 2 aromatic carbocycles. The fourth-order valence-corrected chi connectivity index (χ4v) is 3.02. The predicted molar refractivity (Wildman–Crippen MR) is 91.5 cm³/mol. The van der Waals surface area contributed by atoms with Crippen LogP contribution >= 0.6 is 0 Å². The molecule has 0 saturated carbocycles. The van der Waals surface area contributed by atoms with Crippen LogP contribution in [0.25, 0.3) is 21.8 Å². The van der Waals surface area contributed by atoms with E-state index in [-0.39, 0.29) is 0 Å². The van der Waals surface area contributed by atoms with E-state index >= 15 is 0 Å². The molecular formula is C19H22N2. The number of nitrogens with zero attached hydrogens (tertiary/aromatic N) is 1. The number of aryl methyl sites for hydroxylation is 1. The Morgan fingerprint density at radius 3 is 2.57 bits per heavy atom. The molecule has 0 aliphatic rings. The summed E-state index contributed by atoms with van der Waals surface area (Å²) in [5.41, 5.74) is 10.3. The maximum absolute atomic E-state index is 6.13. The van der Waals surface area contributed by atoms with Gasteiger partial charge in [-0.15, -0.1) is 0 Å². The molecule has 0 aliphatic heterocycles. The number of nitrogen functional groups attached to an aromatic ring is 1. The summed E-state index contributed by atoms with van der Waals surface area (Å²) in [5.74, 6) is 0. The first-order valence-electron chi connectivity index (χ1n) is 7.87. The third-order valence-electron chi connectivity index (χ3n) is 4.13. The van der Waals surface area contributed by atoms with Crippen molar-refractivity contribution in [3.05, 3.63) is 48.0 Å². The van der Waals surface area contributed by atoms with E-state index in [4.69, 9.17) is 10.7 Å². The van der Waals surface area contributed by atoms with Crippen LogP contribution in [0.1, 0.15) is 38.2 Å². The Balaban J connectivity index is 2.13. The summed E-state index contributed by atoms with van der Waals surface area (Å²) < 4.78 is 0. The molecule has 21 heavy (non-hydrogen) atoms. The van der Waals surface area contributed by atoms with Crippen molar-refractivity contribution >= 4 is 27.5 Å². The van der Waals surface area contributed by atoms with Crippen molar-refractivity contribution in [2.75, 3.05) is 5.73 Å². The molecule has 3 rings (SSSR count). The lowest BCUT2D eigenvalue weighted by molar-refractivity contribution is 0.669. The Morgan fingerprint density at radius 1 is 0.905 bits per heavy atom. The summed E-state index contributed by atoms with van der Waals surface area (Å²) >= 11 is 0. The van der Waals surface area contributed by atoms with E-state index in [0.29, 0.717) is 0 Å². The quantitative estimate of drug-likeness (QED) is 0.401. The molecule has 1 aromatic heterocycles. The van der Waals surface area contributed by atoms with Crippen LogP contribution in [0.2, 0.25) is 0 Å². The van der Waals surface area contributed by atoms with E-state index in [1.807, 2.05) is 18.2 Å². The van der Waals surface area contributed by atoms with Crippen molar-refractivity contribution in [1.82, 2.24) is 4.98 Å². The summed E-state index contributed by atoms with van der Waals surface area (Å²) in [7, 11) is 0. The maximum atomic E-state index is 6.13. The van der Waals surface area contributed by atoms with Crippen LogP contribution in [0.5, 0.6) is 0 Å². The van der Waals surface area contributed by atoms with E-state index in [9.17, 15) is 0 Å². The van der Waals surface area contributed by atoms with Crippen LogP contribution < -0.4 is 5.73 Å². The fourth-order valence-electron chi connectivity index (χ4n) is 3.02. The lowest BCUT2D eigenvalue weighted by atomic mass is 9.97. The van der Waals surface area contributed by atoms with Gasteiger partial charge in [0.1, 0.15) is 0 Å². The van der Waals surface area contributed by atoms with Crippen LogP contribution in [0.15, 0.2) is 42.5 Å². The van der Waals surface area contributed by atoms with Crippen molar-refractivity contribution in [3.63, 3.8) is 0 Å². The number of fused-ring (bicyclic) bond motifs is 2. The summed E-state index contributed by atoms with van der Waals surface area (Å²) in [5, 5.41) is 2.48. The second kappa shape index (κ2) is 6.13. The van der Waals surface area contributed by atoms with E-state index in [0.717, 1.165) is 23.1 Å². The van der Waals surface area contributed by atoms with Crippen LogP contribution in [-0.2, 0) is 6.42 Å². The van der Waals surface area contributed by atoms with Gasteiger partial charge in [-0.1, -0.05) is 56.5 Å². The maximum Gasteiger partial charge on any atom is 0.0941 e. The minimum atomic E-state index is 0.771. The summed E-state index contributed by atoms with van der Waals surface area (Å²) in [6.45, 7) is 2.25. The molecule has 2 N–H and O–H groups in total. The highest BCUT2D eigenvalue weighted by Gasteiger charge is 2.10. The van der Waals surface area contributed by atoms with Gasteiger partial charge >= 0.3 is 0 Å². The van der Waals surface area contributed by atoms with Crippen molar-refractivity contribution < 1.29 is 0 Å². The Bertz CT molecular complexity index is 762. The van der Waals surface area contributed by atoms with Gasteiger partial charge in [0, 0.05) is 10.8 Å². The number of pyridine rings is 1. The Morgan fingerprint density at radius 2 is 1.71 bits per heavy atom. The van der Waals surface area contributed by atoms with Crippen LogP contribution in [0.4, 0.5) is 5.69 Å². The molecule has 3 aromatic rings. The Kier molecular flexibility index (Phi) is 4.05. The molecule has 2 heteroatoms. The molecule has 0 fully saturated rings. The number of hydrogen-bond donors (Lipinski definition) is 1. The molecule has 0 unspecified atom stereocenters. The van der Waals surface area contributed by atoms with Gasteiger partial charge in [-0.2, -0.15) is 0 Å². The molecule has 1 heterocycles. The molecule has 0 amide bonds. The van der Waals surface area contributed by atoms with Gasteiger partial charge in [-0.25, -0.2) is 4.98 Å². The molecule has 2 nitrogen and oxygen atoms in total. The highest BCUT2D eigenvalue weighted by molar-refractivity contribution is 6.01. The average Bonchev–Trinajstić information content (AvgIpc) is 2.51. The predicted octanol–water partition coefficient (Wildman–Crippen LogP) is 5.09. The normalized spacial score (nSPS) is 11.3. The van der Waals surface area contributed by atoms with Gasteiger partial charge in [0.2, 0.25) is 0 Å². The standard InChI is InChI=1S/C19H22N2/c1-2-3-4-5-9-14-15-10-6-7-13-18(15)21-19-16(14)11-8-12-17(19)20/h6-8,10-13H,2-5,9,20H2,1H3. The zero-order valence-electron chi connectivity index (χ0n) is 12.6. The minimum Gasteiger partial charge on any atom is -0.397 e. The molecule has 0 saturated heterocycles. The number of anilines is 1. The molecule has 108 valence electrons. The van der Waals surface area contributed by atoms with E-state index in [1.54, 1.807) is 0 Å². The van der Waals surface area contributed by atoms with E-state index in [1.165, 1.54) is 42.0 Å². The number of para-hydroxylation sites is 2. The Hall–Kier alpha value is -2.09. The van der Waals surface area contributed by atoms with E-state index in [2.05, 4.69) is 31.2 Å². The summed E-state index contributed by atoms with van der Waals surface area (Å²) in [6, 6.07) is 14.5. The first-order chi connectivity index (χ1) is 10.3. The van der Waals surface area contributed by atoms with Gasteiger partial charge in [-0.3, -0.25) is 0 Å². The fraction of sp³-hybridized carbons (Fsp3) is 0.316. The highest BCUT2D eigenvalue weighted by atomic mass is 14.7. The summed E-state index contributed by atoms with van der Waals surface area (Å²) in [6.07, 6.45) is 6.19. The van der Waals surface area contributed by atoms with Gasteiger partial charge in [0.25, 0.3) is 0 Å². The Labute approximate surface area is 126 Å². The highest BCUT2D eigenvalue weighted by Crippen LogP contribution is 2.30. The molecule has 0 aliphatic carbocycles. The first kappa shape index (κ1) is 13.9. The SMILES string of the molecule is CCCCCCc1c2ccccc2nc2c(N)cccc12. The molecule has 0 atom stereocenters. The van der Waals surface area contributed by atoms with Crippen molar-refractivity contribution in [2.45, 2.75) is 39.0 Å². The molecule has 0 spiro atoms. The molecule has 0 radical (unpaired) electrons. The van der Waals surface area contributed by atoms with Crippen molar-refractivity contribution in [1.29, 1.82) is 0 Å². The van der Waals surface area contributed by atoms with Gasteiger partial charge in [0.05, 0.1) is 16.7 Å². The largest absolute Gasteiger partial charge is 0.397 e. The van der Waals surface area contributed by atoms with Gasteiger partial charge in [-0.05, 0) is 30.5 Å². The smallest absolute Gasteiger partial charge is 0.0941 e. The minimum absolute atomic E-state index is 0.771. The van der Waals surface area contributed by atoms with Gasteiger partial charge in [0.15, 0.2) is 0 Å². The van der Waals surface area contributed by atoms with Crippen LogP contribution in [0, 0.1) is 0 Å². The first-order valence-corrected chi connectivity index (χ1v) is 7.87. The topological polar surface area (TPSA) is 38.9 Å².